The largest absolute Gasteiger partial charge is 0.508 e. The number of phenolic OH excluding ortho intramolecular Hbond substituents is 1. The van der Waals surface area contributed by atoms with Crippen LogP contribution in [-0.4, -0.2) is 11.0 Å². The summed E-state index contributed by atoms with van der Waals surface area (Å²) in [4.78, 5) is 13.4. The fourth-order valence-electron chi connectivity index (χ4n) is 3.96. The number of fused-ring (bicyclic) bond motifs is 1. The van der Waals surface area contributed by atoms with E-state index < -0.39 is 5.41 Å². The van der Waals surface area contributed by atoms with Crippen molar-refractivity contribution in [1.82, 2.24) is 0 Å². The molecule has 1 aliphatic rings. The molecule has 4 rings (SSSR count). The number of amides is 1. The van der Waals surface area contributed by atoms with E-state index in [1.807, 2.05) is 66.7 Å². The molecule has 3 heteroatoms. The first kappa shape index (κ1) is 24.2. The lowest BCUT2D eigenvalue weighted by molar-refractivity contribution is -0.118. The van der Waals surface area contributed by atoms with Gasteiger partial charge in [0.2, 0.25) is 5.91 Å². The topological polar surface area (TPSA) is 49.3 Å². The molecule has 0 fully saturated rings. The summed E-state index contributed by atoms with van der Waals surface area (Å²) in [6, 6.07) is 23.0. The summed E-state index contributed by atoms with van der Waals surface area (Å²) in [6.07, 6.45) is 1.25. The summed E-state index contributed by atoms with van der Waals surface area (Å²) in [5.74, 6) is -0.0186. The van der Waals surface area contributed by atoms with Gasteiger partial charge >= 0.3 is 0 Å². The zero-order valence-electron chi connectivity index (χ0n) is 18.5. The van der Waals surface area contributed by atoms with Crippen molar-refractivity contribution in [3.05, 3.63) is 95.1 Å². The Bertz CT molecular complexity index is 1050. The molecule has 0 aliphatic carbocycles. The fraction of sp³-hybridized carbons (Fsp3) is 0.321. The highest BCUT2D eigenvalue weighted by atomic mass is 16.3. The Morgan fingerprint density at radius 1 is 0.903 bits per heavy atom. The first-order valence-electron chi connectivity index (χ1n) is 10.6. The van der Waals surface area contributed by atoms with Crippen LogP contribution in [0.3, 0.4) is 0 Å². The molecule has 0 radical (unpaired) electrons. The van der Waals surface area contributed by atoms with Crippen molar-refractivity contribution in [2.45, 2.75) is 59.3 Å². The lowest BCUT2D eigenvalue weighted by Crippen LogP contribution is -2.37. The minimum absolute atomic E-state index is 0. The van der Waals surface area contributed by atoms with Gasteiger partial charge in [0.25, 0.3) is 0 Å². The maximum absolute atomic E-state index is 13.4. The SMILES string of the molecule is C.CC(C)(C)c1ccc(O)c(C2(c3ccccc3)C(=O)Nc3ccccc32)c1.CCC.[HH].[HH]. The average Bonchev–Trinajstić information content (AvgIpc) is 3.01. The smallest absolute Gasteiger partial charge is 0.244 e. The summed E-state index contributed by atoms with van der Waals surface area (Å²) in [7, 11) is 0. The molecule has 0 spiro atoms. The van der Waals surface area contributed by atoms with Gasteiger partial charge in [-0.05, 0) is 34.7 Å². The Morgan fingerprint density at radius 3 is 2.10 bits per heavy atom. The lowest BCUT2D eigenvalue weighted by atomic mass is 9.68. The van der Waals surface area contributed by atoms with Crippen LogP contribution in [0.4, 0.5) is 5.69 Å². The minimum Gasteiger partial charge on any atom is -0.508 e. The molecule has 31 heavy (non-hydrogen) atoms. The number of aromatic hydroxyl groups is 1. The maximum atomic E-state index is 13.4. The first-order chi connectivity index (χ1) is 14.3. The van der Waals surface area contributed by atoms with E-state index in [-0.39, 0.29) is 27.4 Å². The van der Waals surface area contributed by atoms with Gasteiger partial charge in [-0.2, -0.15) is 0 Å². The Kier molecular flexibility index (Phi) is 7.32. The first-order valence-corrected chi connectivity index (χ1v) is 10.6. The van der Waals surface area contributed by atoms with Gasteiger partial charge in [-0.25, -0.2) is 0 Å². The molecule has 0 aromatic heterocycles. The van der Waals surface area contributed by atoms with Gasteiger partial charge in [0.05, 0.1) is 0 Å². The Hall–Kier alpha value is -3.07. The van der Waals surface area contributed by atoms with Crippen molar-refractivity contribution in [2.75, 3.05) is 5.32 Å². The molecule has 1 unspecified atom stereocenters. The summed E-state index contributed by atoms with van der Waals surface area (Å²) in [6.45, 7) is 10.6. The van der Waals surface area contributed by atoms with E-state index in [4.69, 9.17) is 0 Å². The van der Waals surface area contributed by atoms with Crippen molar-refractivity contribution in [2.24, 2.45) is 0 Å². The number of nitrogens with one attached hydrogen (secondary N) is 1. The van der Waals surface area contributed by atoms with Crippen molar-refractivity contribution >= 4 is 11.6 Å². The monoisotopic (exact) mass is 421 g/mol. The van der Waals surface area contributed by atoms with Gasteiger partial charge in [0.15, 0.2) is 0 Å². The molecule has 3 nitrogen and oxygen atoms in total. The zero-order chi connectivity index (χ0) is 21.9. The van der Waals surface area contributed by atoms with Crippen LogP contribution in [0, 0.1) is 0 Å². The summed E-state index contributed by atoms with van der Waals surface area (Å²) in [5, 5.41) is 13.9. The summed E-state index contributed by atoms with van der Waals surface area (Å²) in [5.41, 5.74) is 2.99. The summed E-state index contributed by atoms with van der Waals surface area (Å²) < 4.78 is 0. The number of carbonyl (C=O) groups is 1. The maximum Gasteiger partial charge on any atom is 0.244 e. The van der Waals surface area contributed by atoms with E-state index in [9.17, 15) is 9.90 Å². The predicted octanol–water partition coefficient (Wildman–Crippen LogP) is 7.52. The van der Waals surface area contributed by atoms with Crippen LogP contribution in [0.2, 0.25) is 0 Å². The van der Waals surface area contributed by atoms with E-state index in [0.717, 1.165) is 22.4 Å². The van der Waals surface area contributed by atoms with Gasteiger partial charge in [-0.3, -0.25) is 4.79 Å². The third-order valence-corrected chi connectivity index (χ3v) is 5.39. The van der Waals surface area contributed by atoms with Crippen molar-refractivity contribution in [3.63, 3.8) is 0 Å². The molecule has 3 aromatic rings. The number of hydrogen-bond acceptors (Lipinski definition) is 2. The van der Waals surface area contributed by atoms with Crippen LogP contribution >= 0.6 is 0 Å². The second-order valence-electron chi connectivity index (χ2n) is 8.80. The third kappa shape index (κ3) is 4.23. The zero-order valence-corrected chi connectivity index (χ0v) is 18.5. The number of para-hydroxylation sites is 1. The number of phenols is 1. The van der Waals surface area contributed by atoms with Gasteiger partial charge < -0.3 is 10.4 Å². The molecule has 3 aromatic carbocycles. The Morgan fingerprint density at radius 2 is 1.48 bits per heavy atom. The van der Waals surface area contributed by atoms with Crippen molar-refractivity contribution in [1.29, 1.82) is 0 Å². The van der Waals surface area contributed by atoms with Gasteiger partial charge in [0.1, 0.15) is 11.2 Å². The molecule has 1 aliphatic heterocycles. The highest BCUT2D eigenvalue weighted by Crippen LogP contribution is 2.50. The number of anilines is 1. The van der Waals surface area contributed by atoms with E-state index in [1.165, 1.54) is 6.42 Å². The molecule has 0 saturated carbocycles. The third-order valence-electron chi connectivity index (χ3n) is 5.39. The van der Waals surface area contributed by atoms with E-state index in [2.05, 4.69) is 39.9 Å². The Balaban J connectivity index is 0.00000162. The van der Waals surface area contributed by atoms with Gasteiger partial charge in [-0.1, -0.05) is 103 Å². The van der Waals surface area contributed by atoms with Crippen molar-refractivity contribution < 1.29 is 12.8 Å². The average molecular weight is 422 g/mol. The fourth-order valence-corrected chi connectivity index (χ4v) is 3.96. The number of benzene rings is 3. The van der Waals surface area contributed by atoms with Crippen LogP contribution < -0.4 is 5.32 Å². The van der Waals surface area contributed by atoms with E-state index in [0.29, 0.717) is 5.56 Å². The van der Waals surface area contributed by atoms with Crippen LogP contribution in [0.1, 0.15) is 73.6 Å². The lowest BCUT2D eigenvalue weighted by Gasteiger charge is -2.31. The molecule has 1 atom stereocenters. The number of rotatable bonds is 2. The highest BCUT2D eigenvalue weighted by Gasteiger charge is 2.51. The van der Waals surface area contributed by atoms with Crippen LogP contribution in [0.15, 0.2) is 72.8 Å². The molecular weight excluding hydrogens is 382 g/mol. The normalized spacial score (nSPS) is 17.0. The van der Waals surface area contributed by atoms with Gasteiger partial charge in [0, 0.05) is 19.7 Å². The number of carbonyl (C=O) groups excluding carboxylic acids is 1. The van der Waals surface area contributed by atoms with E-state index >= 15 is 0 Å². The second kappa shape index (κ2) is 9.38. The predicted molar refractivity (Wildman–Crippen MR) is 135 cm³/mol. The van der Waals surface area contributed by atoms with Crippen molar-refractivity contribution in [3.8, 4) is 5.75 Å². The highest BCUT2D eigenvalue weighted by molar-refractivity contribution is 6.11. The molecule has 2 N–H and O–H groups in total. The standard InChI is InChI=1S/C24H23NO2.C3H8.CH4.2H2/c1-23(2,3)17-13-14-21(26)19(15-17)24(16-9-5-4-6-10-16)18-11-7-8-12-20(18)25-22(24)27;1-3-2;;;/h4-15,26H,1-3H3,(H,25,27);3H2,1-2H3;1H4;2*1H. The van der Waals surface area contributed by atoms with E-state index in [1.54, 1.807) is 6.07 Å². The molecule has 168 valence electrons. The molecule has 0 bridgehead atoms. The van der Waals surface area contributed by atoms with Crippen LogP contribution in [0.25, 0.3) is 0 Å². The summed E-state index contributed by atoms with van der Waals surface area (Å²) >= 11 is 0. The van der Waals surface area contributed by atoms with Crippen LogP contribution in [-0.2, 0) is 15.6 Å². The molecular formula is C28H39NO2. The molecule has 0 saturated heterocycles. The molecule has 1 heterocycles. The number of hydrogen-bond donors (Lipinski definition) is 2. The quantitative estimate of drug-likeness (QED) is 0.449. The second-order valence-corrected chi connectivity index (χ2v) is 8.80. The van der Waals surface area contributed by atoms with Gasteiger partial charge in [-0.15, -0.1) is 0 Å². The van der Waals surface area contributed by atoms with Crippen LogP contribution in [0.5, 0.6) is 5.75 Å². The Labute approximate surface area is 190 Å². The molecule has 1 amide bonds. The minimum atomic E-state index is -1.08.